The van der Waals surface area contributed by atoms with E-state index >= 15 is 0 Å². The van der Waals surface area contributed by atoms with E-state index < -0.39 is 0 Å². The maximum atomic E-state index is 12.4. The van der Waals surface area contributed by atoms with Crippen molar-refractivity contribution in [1.29, 1.82) is 0 Å². The fourth-order valence-electron chi connectivity index (χ4n) is 3.63. The van der Waals surface area contributed by atoms with Crippen molar-refractivity contribution in [3.63, 3.8) is 0 Å². The highest BCUT2D eigenvalue weighted by molar-refractivity contribution is 5.83. The first kappa shape index (κ1) is 15.1. The van der Waals surface area contributed by atoms with Gasteiger partial charge in [-0.1, -0.05) is 6.92 Å². The van der Waals surface area contributed by atoms with E-state index in [2.05, 4.69) is 11.9 Å². The highest BCUT2D eigenvalue weighted by atomic mass is 16.2. The van der Waals surface area contributed by atoms with E-state index in [4.69, 9.17) is 0 Å². The average Bonchev–Trinajstić information content (AvgIpc) is 3.15. The molecule has 2 fully saturated rings. The summed E-state index contributed by atoms with van der Waals surface area (Å²) in [6.07, 6.45) is 6.07. The minimum Gasteiger partial charge on any atom is -0.345 e. The quantitative estimate of drug-likeness (QED) is 0.825. The summed E-state index contributed by atoms with van der Waals surface area (Å²) in [5, 5.41) is 0. The number of aromatic nitrogens is 2. The summed E-state index contributed by atoms with van der Waals surface area (Å²) >= 11 is 0. The number of amides is 2. The van der Waals surface area contributed by atoms with Crippen LogP contribution in [0.25, 0.3) is 0 Å². The summed E-state index contributed by atoms with van der Waals surface area (Å²) in [6.45, 7) is 4.89. The average molecular weight is 304 g/mol. The molecule has 0 aromatic carbocycles. The molecule has 2 saturated heterocycles. The van der Waals surface area contributed by atoms with Crippen LogP contribution in [-0.4, -0.2) is 57.8 Å². The summed E-state index contributed by atoms with van der Waals surface area (Å²) in [4.78, 5) is 32.6. The molecule has 0 unspecified atom stereocenters. The van der Waals surface area contributed by atoms with Gasteiger partial charge in [0, 0.05) is 58.5 Å². The van der Waals surface area contributed by atoms with Crippen molar-refractivity contribution >= 4 is 11.8 Å². The third-order valence-corrected chi connectivity index (χ3v) is 5.01. The number of rotatable bonds is 4. The summed E-state index contributed by atoms with van der Waals surface area (Å²) in [7, 11) is 1.86. The van der Waals surface area contributed by atoms with Gasteiger partial charge < -0.3 is 14.4 Å². The van der Waals surface area contributed by atoms with Crippen LogP contribution in [0.15, 0.2) is 12.4 Å². The Morgan fingerprint density at radius 1 is 1.41 bits per heavy atom. The number of carbonyl (C=O) groups is 2. The molecule has 0 radical (unpaired) electrons. The number of fused-ring (bicyclic) bond motifs is 1. The van der Waals surface area contributed by atoms with Gasteiger partial charge in [-0.25, -0.2) is 4.98 Å². The summed E-state index contributed by atoms with van der Waals surface area (Å²) in [5.74, 6) is 1.74. The first-order chi connectivity index (χ1) is 10.6. The molecule has 6 nitrogen and oxygen atoms in total. The van der Waals surface area contributed by atoms with E-state index in [1.807, 2.05) is 22.7 Å². The van der Waals surface area contributed by atoms with Crippen LogP contribution in [0.5, 0.6) is 0 Å². The van der Waals surface area contributed by atoms with E-state index in [-0.39, 0.29) is 17.7 Å². The molecule has 2 aliphatic heterocycles. The first-order valence-electron chi connectivity index (χ1n) is 8.13. The topological polar surface area (TPSA) is 58.4 Å². The molecule has 6 heteroatoms. The van der Waals surface area contributed by atoms with Gasteiger partial charge in [-0.3, -0.25) is 9.59 Å². The van der Waals surface area contributed by atoms with Gasteiger partial charge in [0.1, 0.15) is 5.82 Å². The Hall–Kier alpha value is -1.85. The predicted molar refractivity (Wildman–Crippen MR) is 82.0 cm³/mol. The van der Waals surface area contributed by atoms with E-state index in [9.17, 15) is 9.59 Å². The van der Waals surface area contributed by atoms with Crippen molar-refractivity contribution in [2.24, 2.45) is 11.8 Å². The molecule has 2 amide bonds. The highest BCUT2D eigenvalue weighted by Gasteiger charge is 2.42. The lowest BCUT2D eigenvalue weighted by Crippen LogP contribution is -2.42. The fourth-order valence-corrected chi connectivity index (χ4v) is 3.63. The number of imidazole rings is 1. The lowest BCUT2D eigenvalue weighted by molar-refractivity contribution is -0.138. The van der Waals surface area contributed by atoms with Gasteiger partial charge in [-0.15, -0.1) is 0 Å². The zero-order valence-electron chi connectivity index (χ0n) is 13.4. The van der Waals surface area contributed by atoms with Crippen LogP contribution in [-0.2, 0) is 22.6 Å². The number of hydrogen-bond acceptors (Lipinski definition) is 3. The van der Waals surface area contributed by atoms with E-state index in [0.29, 0.717) is 25.4 Å². The van der Waals surface area contributed by atoms with Crippen molar-refractivity contribution in [1.82, 2.24) is 19.4 Å². The second kappa shape index (κ2) is 6.10. The summed E-state index contributed by atoms with van der Waals surface area (Å²) in [5.41, 5.74) is 0. The summed E-state index contributed by atoms with van der Waals surface area (Å²) in [6, 6.07) is 0. The Kier molecular flexibility index (Phi) is 4.18. The maximum Gasteiger partial charge on any atom is 0.227 e. The Morgan fingerprint density at radius 2 is 2.23 bits per heavy atom. The third-order valence-electron chi connectivity index (χ3n) is 5.01. The first-order valence-corrected chi connectivity index (χ1v) is 8.13. The molecular formula is C16H24N4O2. The molecule has 1 aromatic rings. The van der Waals surface area contributed by atoms with Gasteiger partial charge in [0.25, 0.3) is 0 Å². The molecule has 0 N–H and O–H groups in total. The van der Waals surface area contributed by atoms with Crippen LogP contribution in [0.4, 0.5) is 0 Å². The zero-order chi connectivity index (χ0) is 15.7. The normalized spacial score (nSPS) is 24.7. The molecule has 1 aromatic heterocycles. The number of piperidine rings is 1. The molecule has 0 spiro atoms. The molecule has 22 heavy (non-hydrogen) atoms. The highest BCUT2D eigenvalue weighted by Crippen LogP contribution is 2.31. The molecule has 3 rings (SSSR count). The van der Waals surface area contributed by atoms with Gasteiger partial charge in [0.2, 0.25) is 11.8 Å². The maximum absolute atomic E-state index is 12.4. The zero-order valence-corrected chi connectivity index (χ0v) is 13.4. The number of likely N-dealkylation sites (tertiary alicyclic amines) is 2. The number of carbonyl (C=O) groups excluding carboxylic acids is 2. The van der Waals surface area contributed by atoms with Crippen LogP contribution < -0.4 is 0 Å². The van der Waals surface area contributed by atoms with E-state index in [0.717, 1.165) is 31.8 Å². The molecule has 0 saturated carbocycles. The van der Waals surface area contributed by atoms with E-state index in [1.54, 1.807) is 11.1 Å². The molecular weight excluding hydrogens is 280 g/mol. The Morgan fingerprint density at radius 3 is 3.00 bits per heavy atom. The fraction of sp³-hybridized carbons (Fsp3) is 0.688. The number of aryl methyl sites for hydroxylation is 2. The van der Waals surface area contributed by atoms with Crippen molar-refractivity contribution in [3.05, 3.63) is 18.2 Å². The lowest BCUT2D eigenvalue weighted by Gasteiger charge is -2.30. The standard InChI is InChI=1S/C16H24N4O2/c1-3-14-17-6-9-19(14)8-5-15(21)20-10-12-4-7-18(2)16(22)13(12)11-20/h6,9,12-13H,3-5,7-8,10-11H2,1-2H3/t12-,13+/m1/s1. The molecule has 0 bridgehead atoms. The van der Waals surface area contributed by atoms with Crippen molar-refractivity contribution in [2.45, 2.75) is 32.7 Å². The Bertz CT molecular complexity index is 568. The van der Waals surface area contributed by atoms with Crippen LogP contribution in [0.2, 0.25) is 0 Å². The van der Waals surface area contributed by atoms with Crippen molar-refractivity contribution < 1.29 is 9.59 Å². The monoisotopic (exact) mass is 304 g/mol. The van der Waals surface area contributed by atoms with Crippen LogP contribution in [0.1, 0.15) is 25.6 Å². The SMILES string of the molecule is CCc1nccn1CCC(=O)N1C[C@H]2CCN(C)C(=O)[C@H]2C1. The van der Waals surface area contributed by atoms with Crippen molar-refractivity contribution in [2.75, 3.05) is 26.7 Å². The second-order valence-electron chi connectivity index (χ2n) is 6.35. The number of hydrogen-bond donors (Lipinski definition) is 0. The van der Waals surface area contributed by atoms with Gasteiger partial charge in [0.15, 0.2) is 0 Å². The Balaban J connectivity index is 1.57. The minimum atomic E-state index is 0.0159. The smallest absolute Gasteiger partial charge is 0.227 e. The summed E-state index contributed by atoms with van der Waals surface area (Å²) < 4.78 is 2.04. The Labute approximate surface area is 131 Å². The third kappa shape index (κ3) is 2.74. The molecule has 120 valence electrons. The largest absolute Gasteiger partial charge is 0.345 e. The van der Waals surface area contributed by atoms with Gasteiger partial charge in [0.05, 0.1) is 5.92 Å². The molecule has 3 heterocycles. The van der Waals surface area contributed by atoms with Gasteiger partial charge in [-0.2, -0.15) is 0 Å². The van der Waals surface area contributed by atoms with Crippen LogP contribution in [0.3, 0.4) is 0 Å². The molecule has 2 atom stereocenters. The van der Waals surface area contributed by atoms with Gasteiger partial charge in [-0.05, 0) is 12.3 Å². The van der Waals surface area contributed by atoms with Crippen LogP contribution >= 0.6 is 0 Å². The minimum absolute atomic E-state index is 0.0159. The van der Waals surface area contributed by atoms with E-state index in [1.165, 1.54) is 0 Å². The van der Waals surface area contributed by atoms with Crippen molar-refractivity contribution in [3.8, 4) is 0 Å². The predicted octanol–water partition coefficient (Wildman–Crippen LogP) is 0.772. The number of nitrogens with zero attached hydrogens (tertiary/aromatic N) is 4. The van der Waals surface area contributed by atoms with Gasteiger partial charge >= 0.3 is 0 Å². The molecule has 2 aliphatic rings. The molecule has 0 aliphatic carbocycles. The lowest BCUT2D eigenvalue weighted by atomic mass is 9.88. The second-order valence-corrected chi connectivity index (χ2v) is 6.35. The van der Waals surface area contributed by atoms with Crippen LogP contribution in [0, 0.1) is 11.8 Å².